The lowest BCUT2D eigenvalue weighted by molar-refractivity contribution is 0.130. The molecule has 0 aromatic rings. The molecule has 0 saturated heterocycles. The van der Waals surface area contributed by atoms with E-state index in [1.165, 1.54) is 32.4 Å². The molecule has 0 aromatic carbocycles. The van der Waals surface area contributed by atoms with E-state index in [0.717, 1.165) is 13.1 Å². The maximum Gasteiger partial charge on any atom is 0.00645 e. The zero-order valence-corrected chi connectivity index (χ0v) is 13.0. The van der Waals surface area contributed by atoms with E-state index in [1.54, 1.807) is 0 Å². The molecule has 0 radical (unpaired) electrons. The third kappa shape index (κ3) is 7.77. The van der Waals surface area contributed by atoms with Crippen LogP contribution in [0.25, 0.3) is 0 Å². The summed E-state index contributed by atoms with van der Waals surface area (Å²) in [5.74, 6) is 0. The van der Waals surface area contributed by atoms with Crippen molar-refractivity contribution in [1.82, 2.24) is 10.2 Å². The number of rotatable bonds is 10. The summed E-state index contributed by atoms with van der Waals surface area (Å²) in [6.07, 6.45) is 3.86. The van der Waals surface area contributed by atoms with Gasteiger partial charge in [0.05, 0.1) is 0 Å². The van der Waals surface area contributed by atoms with Gasteiger partial charge < -0.3 is 10.2 Å². The topological polar surface area (TPSA) is 15.3 Å². The van der Waals surface area contributed by atoms with E-state index in [9.17, 15) is 0 Å². The predicted molar refractivity (Wildman–Crippen MR) is 78.6 cm³/mol. The monoisotopic (exact) mass is 242 g/mol. The second kappa shape index (κ2) is 8.93. The molecule has 0 fully saturated rings. The molecule has 0 amide bonds. The van der Waals surface area contributed by atoms with Gasteiger partial charge in [-0.25, -0.2) is 0 Å². The fourth-order valence-corrected chi connectivity index (χ4v) is 2.14. The van der Waals surface area contributed by atoms with Crippen LogP contribution in [0, 0.1) is 5.41 Å². The average Bonchev–Trinajstić information content (AvgIpc) is 2.30. The first-order chi connectivity index (χ1) is 7.96. The maximum atomic E-state index is 3.48. The summed E-state index contributed by atoms with van der Waals surface area (Å²) in [6, 6.07) is 0.711. The Hall–Kier alpha value is -0.0800. The lowest BCUT2D eigenvalue weighted by Crippen LogP contribution is -2.44. The molecule has 0 saturated carbocycles. The van der Waals surface area contributed by atoms with Gasteiger partial charge in [-0.2, -0.15) is 0 Å². The quantitative estimate of drug-likeness (QED) is 0.630. The number of nitrogens with one attached hydrogen (secondary N) is 1. The number of unbranched alkanes of at least 4 members (excludes halogenated alkanes) is 1. The molecule has 1 atom stereocenters. The second-order valence-corrected chi connectivity index (χ2v) is 6.03. The van der Waals surface area contributed by atoms with Gasteiger partial charge in [-0.3, -0.25) is 0 Å². The third-order valence-electron chi connectivity index (χ3n) is 3.50. The molecular weight excluding hydrogens is 208 g/mol. The van der Waals surface area contributed by atoms with Crippen molar-refractivity contribution < 1.29 is 0 Å². The van der Waals surface area contributed by atoms with Gasteiger partial charge in [0.1, 0.15) is 0 Å². The Morgan fingerprint density at radius 2 is 1.82 bits per heavy atom. The van der Waals surface area contributed by atoms with Gasteiger partial charge in [0.15, 0.2) is 0 Å². The van der Waals surface area contributed by atoms with Crippen molar-refractivity contribution >= 4 is 0 Å². The molecule has 0 aliphatic rings. The van der Waals surface area contributed by atoms with Crippen molar-refractivity contribution in [3.05, 3.63) is 0 Å². The fraction of sp³-hybridized carbons (Fsp3) is 1.00. The van der Waals surface area contributed by atoms with Gasteiger partial charge in [0.25, 0.3) is 0 Å². The predicted octanol–water partition coefficient (Wildman–Crippen LogP) is 3.52. The highest BCUT2D eigenvalue weighted by Crippen LogP contribution is 2.19. The first-order valence-electron chi connectivity index (χ1n) is 7.41. The van der Waals surface area contributed by atoms with Crippen molar-refractivity contribution in [2.75, 3.05) is 26.2 Å². The minimum atomic E-state index is 0.368. The summed E-state index contributed by atoms with van der Waals surface area (Å²) >= 11 is 0. The van der Waals surface area contributed by atoms with Crippen molar-refractivity contribution in [3.63, 3.8) is 0 Å². The largest absolute Gasteiger partial charge is 0.316 e. The van der Waals surface area contributed by atoms with E-state index in [2.05, 4.69) is 51.8 Å². The summed E-state index contributed by atoms with van der Waals surface area (Å²) in [6.45, 7) is 18.5. The second-order valence-electron chi connectivity index (χ2n) is 6.03. The molecular formula is C15H34N2. The van der Waals surface area contributed by atoms with Crippen LogP contribution in [0.5, 0.6) is 0 Å². The van der Waals surface area contributed by atoms with Crippen LogP contribution in [0.15, 0.2) is 0 Å². The van der Waals surface area contributed by atoms with E-state index in [4.69, 9.17) is 0 Å². The minimum absolute atomic E-state index is 0.368. The number of nitrogens with zero attached hydrogens (tertiary/aromatic N) is 1. The highest BCUT2D eigenvalue weighted by molar-refractivity contribution is 4.78. The van der Waals surface area contributed by atoms with Crippen molar-refractivity contribution in [3.8, 4) is 0 Å². The Labute approximate surface area is 109 Å². The molecule has 17 heavy (non-hydrogen) atoms. The van der Waals surface area contributed by atoms with Crippen LogP contribution in [0.3, 0.4) is 0 Å². The Balaban J connectivity index is 4.28. The molecule has 0 bridgehead atoms. The Morgan fingerprint density at radius 3 is 2.29 bits per heavy atom. The van der Waals surface area contributed by atoms with Crippen LogP contribution >= 0.6 is 0 Å². The van der Waals surface area contributed by atoms with E-state index in [1.807, 2.05) is 0 Å². The van der Waals surface area contributed by atoms with Crippen LogP contribution in [0.4, 0.5) is 0 Å². The van der Waals surface area contributed by atoms with Gasteiger partial charge in [-0.05, 0) is 38.3 Å². The lowest BCUT2D eigenvalue weighted by Gasteiger charge is -2.36. The average molecular weight is 242 g/mol. The first kappa shape index (κ1) is 16.9. The molecule has 0 aliphatic heterocycles. The highest BCUT2D eigenvalue weighted by Gasteiger charge is 2.23. The van der Waals surface area contributed by atoms with Crippen LogP contribution in [0.2, 0.25) is 0 Å². The first-order valence-corrected chi connectivity index (χ1v) is 7.41. The molecule has 0 heterocycles. The smallest absolute Gasteiger partial charge is 0.00645 e. The van der Waals surface area contributed by atoms with E-state index < -0.39 is 0 Å². The SMILES string of the molecule is CCCCN(CC(C)(C)CNCC)C(C)CC. The van der Waals surface area contributed by atoms with E-state index in [0.29, 0.717) is 11.5 Å². The van der Waals surface area contributed by atoms with Gasteiger partial charge >= 0.3 is 0 Å². The summed E-state index contributed by atoms with van der Waals surface area (Å²) in [7, 11) is 0. The Kier molecular flexibility index (Phi) is 8.89. The summed E-state index contributed by atoms with van der Waals surface area (Å²) in [4.78, 5) is 2.67. The molecule has 0 rings (SSSR count). The molecule has 2 nitrogen and oxygen atoms in total. The summed E-state index contributed by atoms with van der Waals surface area (Å²) in [5.41, 5.74) is 0.368. The molecule has 1 N–H and O–H groups in total. The van der Waals surface area contributed by atoms with E-state index >= 15 is 0 Å². The summed E-state index contributed by atoms with van der Waals surface area (Å²) < 4.78 is 0. The van der Waals surface area contributed by atoms with Gasteiger partial charge in [0.2, 0.25) is 0 Å². The minimum Gasteiger partial charge on any atom is -0.316 e. The van der Waals surface area contributed by atoms with Crippen LogP contribution in [-0.2, 0) is 0 Å². The zero-order chi connectivity index (χ0) is 13.3. The molecule has 104 valence electrons. The molecule has 2 heteroatoms. The van der Waals surface area contributed by atoms with Crippen molar-refractivity contribution in [1.29, 1.82) is 0 Å². The third-order valence-corrected chi connectivity index (χ3v) is 3.50. The highest BCUT2D eigenvalue weighted by atomic mass is 15.2. The summed E-state index contributed by atoms with van der Waals surface area (Å²) in [5, 5.41) is 3.48. The van der Waals surface area contributed by atoms with Crippen LogP contribution in [0.1, 0.15) is 60.8 Å². The molecule has 0 aromatic heterocycles. The fourth-order valence-electron chi connectivity index (χ4n) is 2.14. The number of hydrogen-bond donors (Lipinski definition) is 1. The maximum absolute atomic E-state index is 3.48. The standard InChI is InChI=1S/C15H34N2/c1-7-10-11-17(14(4)8-2)13-15(5,6)12-16-9-3/h14,16H,7-13H2,1-6H3. The lowest BCUT2D eigenvalue weighted by atomic mass is 9.91. The van der Waals surface area contributed by atoms with Crippen molar-refractivity contribution in [2.24, 2.45) is 5.41 Å². The number of hydrogen-bond acceptors (Lipinski definition) is 2. The Bertz CT molecular complexity index is 178. The Morgan fingerprint density at radius 1 is 1.18 bits per heavy atom. The van der Waals surface area contributed by atoms with E-state index in [-0.39, 0.29) is 0 Å². The van der Waals surface area contributed by atoms with Crippen LogP contribution < -0.4 is 5.32 Å². The molecule has 1 unspecified atom stereocenters. The van der Waals surface area contributed by atoms with Crippen LogP contribution in [-0.4, -0.2) is 37.1 Å². The van der Waals surface area contributed by atoms with Crippen molar-refractivity contribution in [2.45, 2.75) is 66.8 Å². The van der Waals surface area contributed by atoms with Gasteiger partial charge in [0, 0.05) is 19.1 Å². The molecule has 0 spiro atoms. The normalized spacial score (nSPS) is 14.3. The molecule has 0 aliphatic carbocycles. The van der Waals surface area contributed by atoms with Gasteiger partial charge in [-0.15, -0.1) is 0 Å². The zero-order valence-electron chi connectivity index (χ0n) is 13.0. The van der Waals surface area contributed by atoms with Gasteiger partial charge in [-0.1, -0.05) is 41.0 Å².